The first-order valence-corrected chi connectivity index (χ1v) is 14.7. The smallest absolute Gasteiger partial charge is 0.407 e. The third kappa shape index (κ3) is 6.92. The molecule has 226 valence electrons. The third-order valence-corrected chi connectivity index (χ3v) is 7.68. The quantitative estimate of drug-likeness (QED) is 0.215. The number of amides is 1. The average molecular weight is 594 g/mol. The monoisotopic (exact) mass is 593 g/mol. The Labute approximate surface area is 256 Å². The van der Waals surface area contributed by atoms with Gasteiger partial charge < -0.3 is 24.2 Å². The summed E-state index contributed by atoms with van der Waals surface area (Å²) in [6.07, 6.45) is -0.859. The summed E-state index contributed by atoms with van der Waals surface area (Å²) < 4.78 is 20.2. The highest BCUT2D eigenvalue weighted by atomic mass is 16.5. The van der Waals surface area contributed by atoms with Crippen molar-refractivity contribution in [1.29, 1.82) is 0 Å². The molecule has 1 amide bonds. The Hall–Kier alpha value is -5.09. The predicted octanol–water partition coefficient (Wildman–Crippen LogP) is 5.47. The van der Waals surface area contributed by atoms with Gasteiger partial charge in [0.15, 0.2) is 0 Å². The maximum Gasteiger partial charge on any atom is 0.407 e. The number of hydrogen-bond acceptors (Lipinski definition) is 7. The van der Waals surface area contributed by atoms with Gasteiger partial charge in [-0.1, -0.05) is 60.7 Å². The Morgan fingerprint density at radius 2 is 1.50 bits per heavy atom. The van der Waals surface area contributed by atoms with E-state index in [-0.39, 0.29) is 0 Å². The van der Waals surface area contributed by atoms with E-state index in [4.69, 9.17) is 29.4 Å². The molecular weight excluding hydrogens is 558 g/mol. The van der Waals surface area contributed by atoms with Crippen molar-refractivity contribution in [3.05, 3.63) is 102 Å². The van der Waals surface area contributed by atoms with Crippen LogP contribution in [0.2, 0.25) is 0 Å². The van der Waals surface area contributed by atoms with Crippen LogP contribution in [0.25, 0.3) is 22.2 Å². The molecule has 3 heterocycles. The lowest BCUT2D eigenvalue weighted by molar-refractivity contribution is 0.0985. The van der Waals surface area contributed by atoms with Crippen LogP contribution in [-0.2, 0) is 20.3 Å². The summed E-state index contributed by atoms with van der Waals surface area (Å²) in [4.78, 5) is 19.6. The number of carboxylic acid groups (broad SMARTS) is 1. The maximum absolute atomic E-state index is 11.1. The van der Waals surface area contributed by atoms with Crippen LogP contribution in [0.5, 0.6) is 17.5 Å². The standard InChI is InChI=1S/C34H35N5O5/c1-37-30-22-27(42-21-20-38-16-18-39(19-17-38)34(40)41)12-13-28(30)32(36-37)29-14-15-31(43-23-25-8-4-2-5-9-25)35-33(29)44-24-26-10-6-3-7-11-26/h2-15,22H,16-21,23-24H2,1H3,(H,40,41). The van der Waals surface area contributed by atoms with Gasteiger partial charge in [0.25, 0.3) is 0 Å². The minimum absolute atomic E-state index is 0.358. The molecule has 6 rings (SSSR count). The summed E-state index contributed by atoms with van der Waals surface area (Å²) in [6.45, 7) is 4.45. The Morgan fingerprint density at radius 3 is 2.18 bits per heavy atom. The lowest BCUT2D eigenvalue weighted by Gasteiger charge is -2.32. The number of pyridine rings is 1. The Bertz CT molecular complexity index is 1700. The van der Waals surface area contributed by atoms with Gasteiger partial charge in [-0.05, 0) is 29.3 Å². The number of nitrogens with zero attached hydrogens (tertiary/aromatic N) is 5. The zero-order valence-corrected chi connectivity index (χ0v) is 24.6. The summed E-state index contributed by atoms with van der Waals surface area (Å²) in [5.41, 5.74) is 4.54. The summed E-state index contributed by atoms with van der Waals surface area (Å²) in [5, 5.41) is 15.0. The Balaban J connectivity index is 1.19. The summed E-state index contributed by atoms with van der Waals surface area (Å²) >= 11 is 0. The van der Waals surface area contributed by atoms with Crippen LogP contribution in [-0.4, -0.2) is 75.1 Å². The number of hydrogen-bond donors (Lipinski definition) is 1. The maximum atomic E-state index is 11.1. The zero-order chi connectivity index (χ0) is 30.3. The molecule has 1 fully saturated rings. The van der Waals surface area contributed by atoms with E-state index < -0.39 is 6.09 Å². The van der Waals surface area contributed by atoms with E-state index in [2.05, 4.69) is 4.90 Å². The number of rotatable bonds is 11. The van der Waals surface area contributed by atoms with Crippen LogP contribution in [0.3, 0.4) is 0 Å². The highest BCUT2D eigenvalue weighted by Crippen LogP contribution is 2.36. The number of fused-ring (bicyclic) bond motifs is 1. The fourth-order valence-electron chi connectivity index (χ4n) is 5.23. The second kappa shape index (κ2) is 13.5. The molecule has 0 saturated carbocycles. The topological polar surface area (TPSA) is 102 Å². The van der Waals surface area contributed by atoms with Crippen LogP contribution in [0.15, 0.2) is 91.0 Å². The number of carbonyl (C=O) groups is 1. The molecule has 0 radical (unpaired) electrons. The van der Waals surface area contributed by atoms with Crippen LogP contribution < -0.4 is 14.2 Å². The molecule has 10 nitrogen and oxygen atoms in total. The van der Waals surface area contributed by atoms with Crippen LogP contribution in [0.4, 0.5) is 4.79 Å². The highest BCUT2D eigenvalue weighted by Gasteiger charge is 2.21. The third-order valence-electron chi connectivity index (χ3n) is 7.68. The molecule has 1 saturated heterocycles. The van der Waals surface area contributed by atoms with Gasteiger partial charge in [-0.3, -0.25) is 9.58 Å². The molecule has 0 aliphatic carbocycles. The van der Waals surface area contributed by atoms with Crippen molar-refractivity contribution in [3.63, 3.8) is 0 Å². The number of aryl methyl sites for hydroxylation is 1. The minimum atomic E-state index is -0.859. The molecule has 0 bridgehead atoms. The van der Waals surface area contributed by atoms with E-state index in [0.29, 0.717) is 57.8 Å². The van der Waals surface area contributed by atoms with E-state index in [0.717, 1.165) is 45.6 Å². The van der Waals surface area contributed by atoms with Gasteiger partial charge in [-0.2, -0.15) is 10.1 Å². The molecule has 0 atom stereocenters. The summed E-state index contributed by atoms with van der Waals surface area (Å²) in [5.74, 6) is 1.67. The average Bonchev–Trinajstić information content (AvgIpc) is 3.39. The molecule has 10 heteroatoms. The number of piperazine rings is 1. The molecular formula is C34H35N5O5. The van der Waals surface area contributed by atoms with E-state index in [1.807, 2.05) is 103 Å². The number of aromatic nitrogens is 3. The first-order valence-electron chi connectivity index (χ1n) is 14.7. The van der Waals surface area contributed by atoms with Gasteiger partial charge in [0, 0.05) is 57.3 Å². The second-order valence-electron chi connectivity index (χ2n) is 10.7. The minimum Gasteiger partial charge on any atom is -0.492 e. The lowest BCUT2D eigenvalue weighted by Crippen LogP contribution is -2.49. The molecule has 1 aliphatic heterocycles. The van der Waals surface area contributed by atoms with Gasteiger partial charge in [-0.15, -0.1) is 0 Å². The van der Waals surface area contributed by atoms with Crippen molar-refractivity contribution in [2.24, 2.45) is 7.05 Å². The first-order chi connectivity index (χ1) is 21.5. The molecule has 1 aliphatic rings. The van der Waals surface area contributed by atoms with Gasteiger partial charge in [0.1, 0.15) is 31.3 Å². The summed E-state index contributed by atoms with van der Waals surface area (Å²) in [7, 11) is 1.91. The fraction of sp³-hybridized carbons (Fsp3) is 0.265. The molecule has 0 spiro atoms. The zero-order valence-electron chi connectivity index (χ0n) is 24.6. The van der Waals surface area contributed by atoms with Crippen molar-refractivity contribution >= 4 is 17.0 Å². The van der Waals surface area contributed by atoms with Crippen molar-refractivity contribution in [1.82, 2.24) is 24.6 Å². The largest absolute Gasteiger partial charge is 0.492 e. The molecule has 3 aromatic carbocycles. The first kappa shape index (κ1) is 29.0. The van der Waals surface area contributed by atoms with Crippen molar-refractivity contribution in [3.8, 4) is 28.8 Å². The fourth-order valence-corrected chi connectivity index (χ4v) is 5.23. The molecule has 44 heavy (non-hydrogen) atoms. The van der Waals surface area contributed by atoms with Crippen LogP contribution in [0.1, 0.15) is 11.1 Å². The van der Waals surface area contributed by atoms with E-state index >= 15 is 0 Å². The summed E-state index contributed by atoms with van der Waals surface area (Å²) in [6, 6.07) is 29.7. The Morgan fingerprint density at radius 1 is 0.818 bits per heavy atom. The van der Waals surface area contributed by atoms with Gasteiger partial charge in [0.2, 0.25) is 11.8 Å². The van der Waals surface area contributed by atoms with E-state index in [1.54, 1.807) is 0 Å². The predicted molar refractivity (Wildman–Crippen MR) is 167 cm³/mol. The van der Waals surface area contributed by atoms with E-state index in [1.165, 1.54) is 4.90 Å². The SMILES string of the molecule is Cn1nc(-c2ccc(OCc3ccccc3)nc2OCc2ccccc2)c2ccc(OCCN3CCN(C(=O)O)CC3)cc21. The highest BCUT2D eigenvalue weighted by molar-refractivity contribution is 5.95. The Kier molecular flexibility index (Phi) is 8.88. The molecule has 2 aromatic heterocycles. The van der Waals surface area contributed by atoms with Gasteiger partial charge >= 0.3 is 6.09 Å². The molecule has 1 N–H and O–H groups in total. The number of ether oxygens (including phenoxy) is 3. The number of benzene rings is 3. The van der Waals surface area contributed by atoms with Crippen molar-refractivity contribution in [2.75, 3.05) is 39.3 Å². The van der Waals surface area contributed by atoms with Gasteiger partial charge in [-0.25, -0.2) is 4.79 Å². The molecule has 5 aromatic rings. The van der Waals surface area contributed by atoms with Gasteiger partial charge in [0.05, 0.1) is 11.1 Å². The van der Waals surface area contributed by atoms with E-state index in [9.17, 15) is 4.79 Å². The van der Waals surface area contributed by atoms with Crippen LogP contribution >= 0.6 is 0 Å². The van der Waals surface area contributed by atoms with Crippen molar-refractivity contribution < 1.29 is 24.1 Å². The normalized spacial score (nSPS) is 13.6. The van der Waals surface area contributed by atoms with Crippen LogP contribution in [0, 0.1) is 0 Å². The lowest BCUT2D eigenvalue weighted by atomic mass is 10.1. The molecule has 0 unspecified atom stereocenters. The van der Waals surface area contributed by atoms with Crippen molar-refractivity contribution in [2.45, 2.75) is 13.2 Å². The second-order valence-corrected chi connectivity index (χ2v) is 10.7.